The number of pyridine rings is 1. The highest BCUT2D eigenvalue weighted by molar-refractivity contribution is 9.10. The molecule has 0 aliphatic rings. The van der Waals surface area contributed by atoms with Crippen LogP contribution in [0.3, 0.4) is 0 Å². The van der Waals surface area contributed by atoms with Gasteiger partial charge in [0.25, 0.3) is 0 Å². The minimum atomic E-state index is -0.586. The highest BCUT2D eigenvalue weighted by Gasteiger charge is 2.28. The number of carbonyl (C=O) groups excluding carboxylic acids is 1. The molecule has 0 saturated heterocycles. The lowest BCUT2D eigenvalue weighted by molar-refractivity contribution is -0.692. The van der Waals surface area contributed by atoms with Crippen molar-refractivity contribution in [1.29, 1.82) is 0 Å². The third kappa shape index (κ3) is 4.71. The number of Topliss-reactive ketones (excluding diaryl/α,β-unsaturated/α-hetero) is 1. The molecule has 1 aromatic carbocycles. The summed E-state index contributed by atoms with van der Waals surface area (Å²) in [6.45, 7) is 4.64. The first-order valence-corrected chi connectivity index (χ1v) is 9.27. The molecule has 0 radical (unpaired) electrons. The molecule has 0 aliphatic heterocycles. The van der Waals surface area contributed by atoms with E-state index in [1.807, 2.05) is 48.1 Å². The average molecular weight is 405 g/mol. The Bertz CT molecular complexity index is 711. The molecule has 24 heavy (non-hydrogen) atoms. The van der Waals surface area contributed by atoms with Gasteiger partial charge in [-0.25, -0.2) is 0 Å². The Morgan fingerprint density at radius 3 is 2.33 bits per heavy atom. The van der Waals surface area contributed by atoms with Gasteiger partial charge in [-0.3, -0.25) is 4.79 Å². The number of hydrogen-bond donors (Lipinski definition) is 0. The van der Waals surface area contributed by atoms with Crippen molar-refractivity contribution in [3.8, 4) is 0 Å². The Morgan fingerprint density at radius 2 is 1.79 bits per heavy atom. The number of rotatable bonds is 7. The van der Waals surface area contributed by atoms with E-state index < -0.39 is 6.04 Å². The van der Waals surface area contributed by atoms with Gasteiger partial charge < -0.3 is 17.6 Å². The number of halogens is 1. The first kappa shape index (κ1) is 18.7. The summed E-state index contributed by atoms with van der Waals surface area (Å²) in [7, 11) is 0. The fraction of sp³-hybridized carbons (Fsp3) is 0.316. The summed E-state index contributed by atoms with van der Waals surface area (Å²) in [5, 5.41) is 0.415. The summed E-state index contributed by atoms with van der Waals surface area (Å²) >= 11 is 8.82. The summed E-state index contributed by atoms with van der Waals surface area (Å²) in [5.74, 6) is -0.0436. The average Bonchev–Trinajstić information content (AvgIpc) is 2.58. The van der Waals surface area contributed by atoms with Crippen LogP contribution in [0, 0.1) is 0 Å². The molecule has 0 saturated carbocycles. The zero-order chi connectivity index (χ0) is 17.5. The van der Waals surface area contributed by atoms with E-state index in [9.17, 15) is 4.79 Å². The van der Waals surface area contributed by atoms with Crippen LogP contribution in [-0.2, 0) is 19.0 Å². The van der Waals surface area contributed by atoms with E-state index >= 15 is 0 Å². The van der Waals surface area contributed by atoms with Gasteiger partial charge in [-0.2, -0.15) is 4.57 Å². The smallest absolute Gasteiger partial charge is 0.237 e. The molecule has 126 valence electrons. The minimum absolute atomic E-state index is 0.0436. The van der Waals surface area contributed by atoms with Gasteiger partial charge in [-0.05, 0) is 36.1 Å². The molecular formula is C19H21BrN2OS. The van der Waals surface area contributed by atoms with Gasteiger partial charge in [-0.15, -0.1) is 0 Å². The molecule has 0 bridgehead atoms. The van der Waals surface area contributed by atoms with E-state index in [1.54, 1.807) is 12.1 Å². The number of aryl methyl sites for hydroxylation is 1. The second-order valence-electron chi connectivity index (χ2n) is 5.49. The van der Waals surface area contributed by atoms with Crippen LogP contribution in [0.25, 0.3) is 0 Å². The van der Waals surface area contributed by atoms with E-state index in [-0.39, 0.29) is 5.78 Å². The van der Waals surface area contributed by atoms with Crippen molar-refractivity contribution >= 4 is 39.4 Å². The number of aromatic nitrogens is 1. The molecule has 2 aromatic rings. The lowest BCUT2D eigenvalue weighted by atomic mass is 10.0. The quantitative estimate of drug-likeness (QED) is 0.229. The maximum atomic E-state index is 13.0. The van der Waals surface area contributed by atoms with Crippen molar-refractivity contribution in [2.24, 2.45) is 4.99 Å². The van der Waals surface area contributed by atoms with Crippen molar-refractivity contribution in [3.05, 3.63) is 64.4 Å². The van der Waals surface area contributed by atoms with E-state index in [4.69, 9.17) is 12.6 Å². The summed E-state index contributed by atoms with van der Waals surface area (Å²) < 4.78 is 2.79. The molecule has 5 heteroatoms. The normalized spacial score (nSPS) is 12.9. The third-order valence-corrected chi connectivity index (χ3v) is 4.56. The Kier molecular flexibility index (Phi) is 7.06. The van der Waals surface area contributed by atoms with Gasteiger partial charge in [0.05, 0.1) is 0 Å². The molecule has 0 aliphatic carbocycles. The molecule has 1 heterocycles. The van der Waals surface area contributed by atoms with Crippen molar-refractivity contribution in [2.75, 3.05) is 6.54 Å². The van der Waals surface area contributed by atoms with Crippen LogP contribution in [0.15, 0.2) is 58.3 Å². The number of ketones is 1. The molecule has 2 rings (SSSR count). The van der Waals surface area contributed by atoms with Gasteiger partial charge in [-0.1, -0.05) is 41.4 Å². The molecule has 3 nitrogen and oxygen atoms in total. The van der Waals surface area contributed by atoms with E-state index in [2.05, 4.69) is 27.8 Å². The number of nitrogens with zero attached hydrogens (tertiary/aromatic N) is 2. The Hall–Kier alpha value is -1.59. The zero-order valence-corrected chi connectivity index (χ0v) is 16.3. The van der Waals surface area contributed by atoms with Gasteiger partial charge >= 0.3 is 0 Å². The predicted octanol–water partition coefficient (Wildman–Crippen LogP) is 4.08. The maximum absolute atomic E-state index is 13.0. The molecule has 0 unspecified atom stereocenters. The van der Waals surface area contributed by atoms with Crippen LogP contribution in [0.4, 0.5) is 0 Å². The number of benzene rings is 1. The molecule has 0 N–H and O–H groups in total. The Balaban J connectivity index is 2.39. The van der Waals surface area contributed by atoms with Crippen LogP contribution < -0.4 is 4.57 Å². The molecule has 0 spiro atoms. The first-order valence-electron chi connectivity index (χ1n) is 8.07. The lowest BCUT2D eigenvalue weighted by Gasteiger charge is -2.18. The highest BCUT2D eigenvalue weighted by Crippen LogP contribution is 2.16. The standard InChI is InChI=1S/C19H21BrN2OS/c1-3-5-14-10-12-22(13-11-14)17(19(24)21-4-2)18(23)15-6-8-16(20)9-7-15/h6-13,17H,3-5H2,1-2H3/t17-/m1/s1. The zero-order valence-electron chi connectivity index (χ0n) is 13.9. The van der Waals surface area contributed by atoms with E-state index in [1.165, 1.54) is 5.56 Å². The lowest BCUT2D eigenvalue weighted by Crippen LogP contribution is -2.47. The molecule has 1 atom stereocenters. The van der Waals surface area contributed by atoms with Gasteiger partial charge in [0.15, 0.2) is 12.4 Å². The maximum Gasteiger partial charge on any atom is 0.237 e. The van der Waals surface area contributed by atoms with E-state index in [0.717, 1.165) is 17.3 Å². The van der Waals surface area contributed by atoms with Crippen LogP contribution in [0.2, 0.25) is 0 Å². The molecular weight excluding hydrogens is 384 g/mol. The summed E-state index contributed by atoms with van der Waals surface area (Å²) in [5.41, 5.74) is 1.88. The fourth-order valence-corrected chi connectivity index (χ4v) is 3.11. The molecule has 1 aromatic heterocycles. The Morgan fingerprint density at radius 1 is 1.17 bits per heavy atom. The van der Waals surface area contributed by atoms with Gasteiger partial charge in [0.2, 0.25) is 11.8 Å². The van der Waals surface area contributed by atoms with Crippen LogP contribution >= 0.6 is 15.9 Å². The van der Waals surface area contributed by atoms with Crippen molar-refractivity contribution in [2.45, 2.75) is 32.7 Å². The van der Waals surface area contributed by atoms with Crippen molar-refractivity contribution in [3.63, 3.8) is 0 Å². The predicted molar refractivity (Wildman–Crippen MR) is 103 cm³/mol. The number of aliphatic imine (C=N–C) groups is 1. The van der Waals surface area contributed by atoms with E-state index in [0.29, 0.717) is 17.2 Å². The topological polar surface area (TPSA) is 33.3 Å². The highest BCUT2D eigenvalue weighted by atomic mass is 79.9. The van der Waals surface area contributed by atoms with Crippen molar-refractivity contribution < 1.29 is 9.36 Å². The van der Waals surface area contributed by atoms with Gasteiger partial charge in [0, 0.05) is 28.7 Å². The summed E-state index contributed by atoms with van der Waals surface area (Å²) in [6, 6.07) is 10.8. The summed E-state index contributed by atoms with van der Waals surface area (Å²) in [6.07, 6.45) is 5.96. The Labute approximate surface area is 157 Å². The third-order valence-electron chi connectivity index (χ3n) is 3.68. The number of hydrogen-bond acceptors (Lipinski definition) is 3. The molecule has 0 amide bonds. The van der Waals surface area contributed by atoms with Crippen LogP contribution in [0.1, 0.15) is 42.2 Å². The van der Waals surface area contributed by atoms with Crippen LogP contribution in [0.5, 0.6) is 0 Å². The molecule has 0 fully saturated rings. The van der Waals surface area contributed by atoms with Gasteiger partial charge in [0.1, 0.15) is 0 Å². The minimum Gasteiger partial charge on any atom is -0.758 e. The monoisotopic (exact) mass is 404 g/mol. The SMILES string of the molecule is CCCc1cc[n+]([C@H](C(=O)c2ccc(Br)cc2)C([S-])=NCC)cc1. The largest absolute Gasteiger partial charge is 0.758 e. The first-order chi connectivity index (χ1) is 11.6. The number of carbonyl (C=O) groups is 1. The van der Waals surface area contributed by atoms with Crippen molar-refractivity contribution in [1.82, 2.24) is 0 Å². The fourth-order valence-electron chi connectivity index (χ4n) is 2.49. The second kappa shape index (κ2) is 9.04. The van der Waals surface area contributed by atoms with Crippen LogP contribution in [-0.4, -0.2) is 17.4 Å². The second-order valence-corrected chi connectivity index (χ2v) is 6.82. The summed E-state index contributed by atoms with van der Waals surface area (Å²) in [4.78, 5) is 17.3.